The van der Waals surface area contributed by atoms with E-state index in [9.17, 15) is 18.0 Å². The van der Waals surface area contributed by atoms with Crippen LogP contribution in [0.25, 0.3) is 0 Å². The molecule has 32 heavy (non-hydrogen) atoms. The fourth-order valence-electron chi connectivity index (χ4n) is 3.33. The number of benzene rings is 2. The number of piperazine rings is 1. The summed E-state index contributed by atoms with van der Waals surface area (Å²) >= 11 is 0. The minimum Gasteiger partial charge on any atom is -0.454 e. The number of esters is 1. The number of ketones is 1. The molecule has 0 atom stereocenters. The second-order valence-electron chi connectivity index (χ2n) is 8.94. The van der Waals surface area contributed by atoms with Crippen LogP contribution in [0.5, 0.6) is 0 Å². The Bertz CT molecular complexity index is 1050. The van der Waals surface area contributed by atoms with Gasteiger partial charge in [0, 0.05) is 38.1 Å². The van der Waals surface area contributed by atoms with Crippen molar-refractivity contribution in [2.24, 2.45) is 5.41 Å². The van der Waals surface area contributed by atoms with Gasteiger partial charge in [0.1, 0.15) is 0 Å². The Morgan fingerprint density at radius 1 is 0.938 bits per heavy atom. The van der Waals surface area contributed by atoms with Crippen LogP contribution in [0.2, 0.25) is 0 Å². The molecule has 8 heteroatoms. The minimum absolute atomic E-state index is 0.0469. The number of sulfonamides is 1. The Hall–Kier alpha value is -2.55. The van der Waals surface area contributed by atoms with Gasteiger partial charge in [-0.25, -0.2) is 13.2 Å². The predicted molar refractivity (Wildman–Crippen MR) is 122 cm³/mol. The normalized spacial score (nSPS) is 16.0. The zero-order chi connectivity index (χ0) is 23.4. The number of carbonyl (C=O) groups excluding carboxylic acids is 2. The molecule has 0 amide bonds. The van der Waals surface area contributed by atoms with E-state index in [1.807, 2.05) is 18.2 Å². The molecule has 0 bridgehead atoms. The second-order valence-corrected chi connectivity index (χ2v) is 10.9. The van der Waals surface area contributed by atoms with Crippen LogP contribution in [0.3, 0.4) is 0 Å². The summed E-state index contributed by atoms with van der Waals surface area (Å²) in [6.07, 6.45) is 0. The summed E-state index contributed by atoms with van der Waals surface area (Å²) < 4.78 is 32.8. The van der Waals surface area contributed by atoms with Gasteiger partial charge in [0.15, 0.2) is 12.4 Å². The highest BCUT2D eigenvalue weighted by Crippen LogP contribution is 2.21. The van der Waals surface area contributed by atoms with Crippen LogP contribution in [0, 0.1) is 5.41 Å². The van der Waals surface area contributed by atoms with Crippen LogP contribution in [0.15, 0.2) is 59.5 Å². The number of hydrogen-bond acceptors (Lipinski definition) is 6. The van der Waals surface area contributed by atoms with Crippen molar-refractivity contribution in [1.29, 1.82) is 0 Å². The number of hydrogen-bond donors (Lipinski definition) is 0. The monoisotopic (exact) mass is 458 g/mol. The topological polar surface area (TPSA) is 84.0 Å². The van der Waals surface area contributed by atoms with Gasteiger partial charge >= 0.3 is 5.97 Å². The first kappa shape index (κ1) is 24.1. The fourth-order valence-corrected chi connectivity index (χ4v) is 4.80. The lowest BCUT2D eigenvalue weighted by atomic mass is 9.91. The average Bonchev–Trinajstić information content (AvgIpc) is 2.77. The second kappa shape index (κ2) is 9.94. The molecular formula is C24H30N2O5S. The van der Waals surface area contributed by atoms with Crippen molar-refractivity contribution in [2.75, 3.05) is 32.8 Å². The molecule has 0 unspecified atom stereocenters. The van der Waals surface area contributed by atoms with Gasteiger partial charge in [0.2, 0.25) is 10.0 Å². The van der Waals surface area contributed by atoms with E-state index in [-0.39, 0.29) is 22.8 Å². The van der Waals surface area contributed by atoms with Gasteiger partial charge in [0.25, 0.3) is 0 Å². The Morgan fingerprint density at radius 3 is 2.22 bits per heavy atom. The van der Waals surface area contributed by atoms with E-state index in [2.05, 4.69) is 17.0 Å². The summed E-state index contributed by atoms with van der Waals surface area (Å²) in [5, 5.41) is 0. The molecule has 0 saturated carbocycles. The highest BCUT2D eigenvalue weighted by atomic mass is 32.2. The fraction of sp³-hybridized carbons (Fsp3) is 0.417. The number of nitrogens with zero attached hydrogens (tertiary/aromatic N) is 2. The summed E-state index contributed by atoms with van der Waals surface area (Å²) in [6.45, 7) is 7.69. The molecule has 0 aliphatic carbocycles. The molecule has 0 N–H and O–H groups in total. The molecule has 0 spiro atoms. The minimum atomic E-state index is -3.74. The standard InChI is InChI=1S/C24H30N2O5S/c1-24(2,3)22(27)18-31-23(28)20-10-7-11-21(16-20)32(29,30)26-14-12-25(13-15-26)17-19-8-5-4-6-9-19/h4-11,16H,12-15,17-18H2,1-3H3. The summed E-state index contributed by atoms with van der Waals surface area (Å²) in [5.41, 5.74) is 0.684. The van der Waals surface area contributed by atoms with Crippen LogP contribution >= 0.6 is 0 Å². The smallest absolute Gasteiger partial charge is 0.338 e. The first-order valence-electron chi connectivity index (χ1n) is 10.6. The molecule has 0 radical (unpaired) electrons. The maximum absolute atomic E-state index is 13.1. The van der Waals surface area contributed by atoms with Crippen molar-refractivity contribution in [2.45, 2.75) is 32.2 Å². The summed E-state index contributed by atoms with van der Waals surface area (Å²) in [6, 6.07) is 15.9. The van der Waals surface area contributed by atoms with Crippen molar-refractivity contribution >= 4 is 21.8 Å². The van der Waals surface area contributed by atoms with Crippen LogP contribution in [-0.4, -0.2) is 62.2 Å². The lowest BCUT2D eigenvalue weighted by Gasteiger charge is -2.34. The van der Waals surface area contributed by atoms with Gasteiger partial charge in [0.05, 0.1) is 10.5 Å². The Labute approximate surface area is 190 Å². The number of Topliss-reactive ketones (excluding diaryl/α,β-unsaturated/α-hetero) is 1. The molecule has 1 heterocycles. The Morgan fingerprint density at radius 2 is 1.59 bits per heavy atom. The van der Waals surface area contributed by atoms with E-state index >= 15 is 0 Å². The lowest BCUT2D eigenvalue weighted by Crippen LogP contribution is -2.48. The van der Waals surface area contributed by atoms with Crippen LogP contribution in [-0.2, 0) is 26.1 Å². The van der Waals surface area contributed by atoms with E-state index in [1.165, 1.54) is 34.1 Å². The van der Waals surface area contributed by atoms with Crippen molar-refractivity contribution in [3.05, 3.63) is 65.7 Å². The predicted octanol–water partition coefficient (Wildman–Crippen LogP) is 2.97. The molecule has 7 nitrogen and oxygen atoms in total. The van der Waals surface area contributed by atoms with Gasteiger partial charge in [-0.1, -0.05) is 57.2 Å². The average molecular weight is 459 g/mol. The quantitative estimate of drug-likeness (QED) is 0.593. The first-order valence-corrected chi connectivity index (χ1v) is 12.1. The largest absolute Gasteiger partial charge is 0.454 e. The number of rotatable bonds is 7. The van der Waals surface area contributed by atoms with E-state index in [0.29, 0.717) is 26.2 Å². The Kier molecular flexibility index (Phi) is 7.48. The first-order chi connectivity index (χ1) is 15.1. The van der Waals surface area contributed by atoms with Crippen molar-refractivity contribution < 1.29 is 22.7 Å². The van der Waals surface area contributed by atoms with Crippen LogP contribution in [0.4, 0.5) is 0 Å². The Balaban J connectivity index is 1.62. The molecule has 1 fully saturated rings. The van der Waals surface area contributed by atoms with Crippen LogP contribution in [0.1, 0.15) is 36.7 Å². The summed E-state index contributed by atoms with van der Waals surface area (Å²) in [4.78, 5) is 26.6. The van der Waals surface area contributed by atoms with Gasteiger partial charge < -0.3 is 4.74 Å². The molecule has 172 valence electrons. The lowest BCUT2D eigenvalue weighted by molar-refractivity contribution is -0.129. The number of carbonyl (C=O) groups is 2. The highest BCUT2D eigenvalue weighted by Gasteiger charge is 2.29. The number of ether oxygens (including phenoxy) is 1. The molecular weight excluding hydrogens is 428 g/mol. The van der Waals surface area contributed by atoms with E-state index < -0.39 is 21.4 Å². The SMILES string of the molecule is CC(C)(C)C(=O)COC(=O)c1cccc(S(=O)(=O)N2CCN(Cc3ccccc3)CC2)c1. The summed E-state index contributed by atoms with van der Waals surface area (Å²) in [5.74, 6) is -0.921. The molecule has 1 saturated heterocycles. The van der Waals surface area contributed by atoms with Gasteiger partial charge in [-0.05, 0) is 23.8 Å². The zero-order valence-electron chi connectivity index (χ0n) is 18.8. The third-order valence-electron chi connectivity index (χ3n) is 5.46. The van der Waals surface area contributed by atoms with E-state index in [0.717, 1.165) is 6.54 Å². The maximum atomic E-state index is 13.1. The molecule has 3 rings (SSSR count). The van der Waals surface area contributed by atoms with Gasteiger partial charge in [-0.15, -0.1) is 0 Å². The summed E-state index contributed by atoms with van der Waals surface area (Å²) in [7, 11) is -3.74. The van der Waals surface area contributed by atoms with Gasteiger partial charge in [-0.3, -0.25) is 9.69 Å². The van der Waals surface area contributed by atoms with Gasteiger partial charge in [-0.2, -0.15) is 4.31 Å². The molecule has 0 aromatic heterocycles. The van der Waals surface area contributed by atoms with E-state index in [1.54, 1.807) is 20.8 Å². The van der Waals surface area contributed by atoms with Crippen molar-refractivity contribution in [1.82, 2.24) is 9.21 Å². The van der Waals surface area contributed by atoms with Crippen molar-refractivity contribution in [3.63, 3.8) is 0 Å². The maximum Gasteiger partial charge on any atom is 0.338 e. The molecule has 2 aromatic carbocycles. The van der Waals surface area contributed by atoms with E-state index in [4.69, 9.17) is 4.74 Å². The van der Waals surface area contributed by atoms with Crippen LogP contribution < -0.4 is 0 Å². The third-order valence-corrected chi connectivity index (χ3v) is 7.35. The molecule has 1 aliphatic heterocycles. The molecule has 2 aromatic rings. The molecule has 1 aliphatic rings. The third kappa shape index (κ3) is 6.03. The van der Waals surface area contributed by atoms with Crippen molar-refractivity contribution in [3.8, 4) is 0 Å². The highest BCUT2D eigenvalue weighted by molar-refractivity contribution is 7.89. The zero-order valence-corrected chi connectivity index (χ0v) is 19.6.